The Morgan fingerprint density at radius 2 is 2.07 bits per heavy atom. The van der Waals surface area contributed by atoms with E-state index < -0.39 is 0 Å². The zero-order valence-electron chi connectivity index (χ0n) is 9.63. The first-order chi connectivity index (χ1) is 7.33. The molecule has 4 heteroatoms. The molecule has 1 N–H and O–H groups in total. The Bertz CT molecular complexity index is 179. The number of hydrogen-bond donors (Lipinski definition) is 1. The summed E-state index contributed by atoms with van der Waals surface area (Å²) in [6, 6.07) is 0. The highest BCUT2D eigenvalue weighted by Crippen LogP contribution is 2.07. The molecule has 0 aromatic heterocycles. The SMILES string of the molecule is COCC(=O)NCCCCN1CCCC1. The number of nitrogens with one attached hydrogen (secondary N) is 1. The number of hydrogen-bond acceptors (Lipinski definition) is 3. The average Bonchev–Trinajstić information content (AvgIpc) is 2.70. The molecule has 1 saturated heterocycles. The van der Waals surface area contributed by atoms with Gasteiger partial charge in [-0.3, -0.25) is 4.79 Å². The van der Waals surface area contributed by atoms with Crippen molar-refractivity contribution in [2.75, 3.05) is 39.9 Å². The number of carbonyl (C=O) groups excluding carboxylic acids is 1. The second-order valence-electron chi connectivity index (χ2n) is 4.04. The van der Waals surface area contributed by atoms with Gasteiger partial charge in [0.2, 0.25) is 5.91 Å². The number of methoxy groups -OCH3 is 1. The summed E-state index contributed by atoms with van der Waals surface area (Å²) in [5, 5.41) is 2.83. The summed E-state index contributed by atoms with van der Waals surface area (Å²) in [6.07, 6.45) is 4.94. The molecule has 1 rings (SSSR count). The largest absolute Gasteiger partial charge is 0.375 e. The normalized spacial score (nSPS) is 16.9. The fourth-order valence-corrected chi connectivity index (χ4v) is 1.88. The number of ether oxygens (including phenoxy) is 1. The zero-order chi connectivity index (χ0) is 10.9. The van der Waals surface area contributed by atoms with Gasteiger partial charge < -0.3 is 15.0 Å². The maximum atomic E-state index is 11.0. The second kappa shape index (κ2) is 7.65. The molecule has 0 aliphatic carbocycles. The fourth-order valence-electron chi connectivity index (χ4n) is 1.88. The van der Waals surface area contributed by atoms with Gasteiger partial charge in [-0.25, -0.2) is 0 Å². The van der Waals surface area contributed by atoms with Gasteiger partial charge in [0.15, 0.2) is 0 Å². The van der Waals surface area contributed by atoms with Crippen LogP contribution in [-0.2, 0) is 9.53 Å². The Kier molecular flexibility index (Phi) is 6.36. The lowest BCUT2D eigenvalue weighted by Gasteiger charge is -2.13. The minimum absolute atomic E-state index is 0.0151. The van der Waals surface area contributed by atoms with E-state index in [0.717, 1.165) is 13.0 Å². The quantitative estimate of drug-likeness (QED) is 0.632. The van der Waals surface area contributed by atoms with Crippen molar-refractivity contribution in [2.45, 2.75) is 25.7 Å². The molecule has 0 radical (unpaired) electrons. The molecule has 0 saturated carbocycles. The predicted molar refractivity (Wildman–Crippen MR) is 59.8 cm³/mol. The summed E-state index contributed by atoms with van der Waals surface area (Å²) >= 11 is 0. The lowest BCUT2D eigenvalue weighted by molar-refractivity contribution is -0.124. The number of nitrogens with zero attached hydrogens (tertiary/aromatic N) is 1. The van der Waals surface area contributed by atoms with Crippen molar-refractivity contribution in [3.63, 3.8) is 0 Å². The molecule has 1 aliphatic rings. The average molecular weight is 214 g/mol. The molecule has 0 bridgehead atoms. The van der Waals surface area contributed by atoms with Gasteiger partial charge in [0.05, 0.1) is 0 Å². The zero-order valence-corrected chi connectivity index (χ0v) is 9.63. The van der Waals surface area contributed by atoms with Crippen LogP contribution in [0.25, 0.3) is 0 Å². The van der Waals surface area contributed by atoms with E-state index in [9.17, 15) is 4.79 Å². The standard InChI is InChI=1S/C11H22N2O2/c1-15-10-11(14)12-6-2-3-7-13-8-4-5-9-13/h2-10H2,1H3,(H,12,14). The van der Waals surface area contributed by atoms with Crippen LogP contribution in [0.2, 0.25) is 0 Å². The van der Waals surface area contributed by atoms with Gasteiger partial charge in [0, 0.05) is 13.7 Å². The Balaban J connectivity index is 1.86. The van der Waals surface area contributed by atoms with Crippen molar-refractivity contribution in [3.8, 4) is 0 Å². The Morgan fingerprint density at radius 1 is 1.33 bits per heavy atom. The molecule has 1 fully saturated rings. The van der Waals surface area contributed by atoms with Crippen LogP contribution in [0.4, 0.5) is 0 Å². The molecular weight excluding hydrogens is 192 g/mol. The van der Waals surface area contributed by atoms with Crippen LogP contribution in [0, 0.1) is 0 Å². The third kappa shape index (κ3) is 5.74. The maximum Gasteiger partial charge on any atom is 0.245 e. The van der Waals surface area contributed by atoms with E-state index >= 15 is 0 Å². The molecule has 1 heterocycles. The summed E-state index contributed by atoms with van der Waals surface area (Å²) in [5.74, 6) is -0.0151. The van der Waals surface area contributed by atoms with Crippen LogP contribution in [0.5, 0.6) is 0 Å². The van der Waals surface area contributed by atoms with Crippen molar-refractivity contribution in [1.29, 1.82) is 0 Å². The Hall–Kier alpha value is -0.610. The molecule has 1 amide bonds. The summed E-state index contributed by atoms with van der Waals surface area (Å²) in [7, 11) is 1.53. The number of amides is 1. The lowest BCUT2D eigenvalue weighted by atomic mass is 10.3. The summed E-state index contributed by atoms with van der Waals surface area (Å²) in [5.41, 5.74) is 0. The fraction of sp³-hybridized carbons (Fsp3) is 0.909. The molecule has 0 aromatic rings. The number of rotatable bonds is 7. The molecule has 1 aliphatic heterocycles. The van der Waals surface area contributed by atoms with Gasteiger partial charge in [-0.15, -0.1) is 0 Å². The van der Waals surface area contributed by atoms with E-state index in [1.165, 1.54) is 46.0 Å². The molecule has 88 valence electrons. The third-order valence-corrected chi connectivity index (χ3v) is 2.70. The minimum atomic E-state index is -0.0151. The van der Waals surface area contributed by atoms with Gasteiger partial charge in [0.1, 0.15) is 6.61 Å². The van der Waals surface area contributed by atoms with Gasteiger partial charge in [-0.05, 0) is 45.3 Å². The van der Waals surface area contributed by atoms with Gasteiger partial charge >= 0.3 is 0 Å². The molecule has 0 spiro atoms. The van der Waals surface area contributed by atoms with E-state index in [2.05, 4.69) is 10.2 Å². The monoisotopic (exact) mass is 214 g/mol. The smallest absolute Gasteiger partial charge is 0.245 e. The molecular formula is C11H22N2O2. The minimum Gasteiger partial charge on any atom is -0.375 e. The first-order valence-electron chi connectivity index (χ1n) is 5.81. The van der Waals surface area contributed by atoms with Gasteiger partial charge in [-0.2, -0.15) is 0 Å². The van der Waals surface area contributed by atoms with Crippen LogP contribution < -0.4 is 5.32 Å². The predicted octanol–water partition coefficient (Wildman–Crippen LogP) is 0.625. The third-order valence-electron chi connectivity index (χ3n) is 2.70. The highest BCUT2D eigenvalue weighted by molar-refractivity contribution is 5.77. The molecule has 0 atom stereocenters. The molecule has 15 heavy (non-hydrogen) atoms. The maximum absolute atomic E-state index is 11.0. The Labute approximate surface area is 92.0 Å². The van der Waals surface area contributed by atoms with E-state index in [4.69, 9.17) is 4.74 Å². The first-order valence-corrected chi connectivity index (χ1v) is 5.81. The van der Waals surface area contributed by atoms with Crippen LogP contribution in [0.3, 0.4) is 0 Å². The van der Waals surface area contributed by atoms with Crippen molar-refractivity contribution >= 4 is 5.91 Å². The van der Waals surface area contributed by atoms with E-state index in [0.29, 0.717) is 0 Å². The van der Waals surface area contributed by atoms with Crippen molar-refractivity contribution < 1.29 is 9.53 Å². The molecule has 0 aromatic carbocycles. The topological polar surface area (TPSA) is 41.6 Å². The van der Waals surface area contributed by atoms with Crippen LogP contribution in [-0.4, -0.2) is 50.7 Å². The van der Waals surface area contributed by atoms with Crippen LogP contribution in [0.1, 0.15) is 25.7 Å². The highest BCUT2D eigenvalue weighted by Gasteiger charge is 2.09. The lowest BCUT2D eigenvalue weighted by Crippen LogP contribution is -2.28. The van der Waals surface area contributed by atoms with Crippen molar-refractivity contribution in [1.82, 2.24) is 10.2 Å². The number of likely N-dealkylation sites (tertiary alicyclic amines) is 1. The van der Waals surface area contributed by atoms with E-state index in [-0.39, 0.29) is 12.5 Å². The summed E-state index contributed by atoms with van der Waals surface area (Å²) < 4.78 is 4.72. The van der Waals surface area contributed by atoms with Crippen LogP contribution in [0.15, 0.2) is 0 Å². The number of carbonyl (C=O) groups is 1. The summed E-state index contributed by atoms with van der Waals surface area (Å²) in [4.78, 5) is 13.5. The summed E-state index contributed by atoms with van der Waals surface area (Å²) in [6.45, 7) is 4.65. The first kappa shape index (κ1) is 12.5. The van der Waals surface area contributed by atoms with Gasteiger partial charge in [-0.1, -0.05) is 0 Å². The van der Waals surface area contributed by atoms with E-state index in [1.54, 1.807) is 0 Å². The highest BCUT2D eigenvalue weighted by atomic mass is 16.5. The second-order valence-corrected chi connectivity index (χ2v) is 4.04. The number of unbranched alkanes of at least 4 members (excludes halogenated alkanes) is 1. The molecule has 4 nitrogen and oxygen atoms in total. The van der Waals surface area contributed by atoms with Crippen molar-refractivity contribution in [3.05, 3.63) is 0 Å². The Morgan fingerprint density at radius 3 is 2.73 bits per heavy atom. The van der Waals surface area contributed by atoms with Crippen LogP contribution >= 0.6 is 0 Å². The van der Waals surface area contributed by atoms with Crippen molar-refractivity contribution in [2.24, 2.45) is 0 Å². The van der Waals surface area contributed by atoms with E-state index in [1.807, 2.05) is 0 Å². The molecule has 0 unspecified atom stereocenters. The van der Waals surface area contributed by atoms with Gasteiger partial charge in [0.25, 0.3) is 0 Å².